The van der Waals surface area contributed by atoms with E-state index >= 15 is 4.39 Å². The molecule has 2 N–H and O–H groups in total. The Morgan fingerprint density at radius 2 is 1.74 bits per heavy atom. The molecule has 10 heteroatoms. The molecule has 0 radical (unpaired) electrons. The van der Waals surface area contributed by atoms with E-state index in [1.54, 1.807) is 24.3 Å². The molecule has 3 heterocycles. The van der Waals surface area contributed by atoms with Crippen molar-refractivity contribution in [2.75, 3.05) is 42.5 Å². The number of anilines is 2. The topological polar surface area (TPSA) is 113 Å². The number of fused-ring (bicyclic) bond motifs is 4. The van der Waals surface area contributed by atoms with Gasteiger partial charge in [0.25, 0.3) is 0 Å². The van der Waals surface area contributed by atoms with E-state index in [0.717, 1.165) is 71.6 Å². The zero-order valence-corrected chi connectivity index (χ0v) is 26.2. The molecule has 1 aliphatic carbocycles. The summed E-state index contributed by atoms with van der Waals surface area (Å²) in [6, 6.07) is 16.2. The molecule has 3 amide bonds. The first kappa shape index (κ1) is 29.7. The Kier molecular flexibility index (Phi) is 7.17. The molecule has 234 valence electrons. The molecule has 46 heavy (non-hydrogen) atoms. The molecule has 3 aromatic carbocycles. The number of benzene rings is 3. The lowest BCUT2D eigenvalue weighted by Gasteiger charge is -2.39. The second-order valence-corrected chi connectivity index (χ2v) is 12.9. The lowest BCUT2D eigenvalue weighted by Crippen LogP contribution is -2.49. The van der Waals surface area contributed by atoms with Crippen LogP contribution in [0, 0.1) is 17.1 Å². The van der Waals surface area contributed by atoms with Crippen molar-refractivity contribution in [2.45, 2.75) is 45.6 Å². The summed E-state index contributed by atoms with van der Waals surface area (Å²) in [6.45, 7) is 10.1. The monoisotopic (exact) mass is 618 g/mol. The van der Waals surface area contributed by atoms with E-state index in [0.29, 0.717) is 28.9 Å². The van der Waals surface area contributed by atoms with Crippen molar-refractivity contribution in [3.8, 4) is 6.07 Å². The molecule has 2 fully saturated rings. The van der Waals surface area contributed by atoms with Crippen molar-refractivity contribution in [3.63, 3.8) is 0 Å². The lowest BCUT2D eigenvalue weighted by molar-refractivity contribution is -0.120. The van der Waals surface area contributed by atoms with Gasteiger partial charge in [-0.25, -0.2) is 9.18 Å². The third-order valence-electron chi connectivity index (χ3n) is 9.81. The smallest absolute Gasteiger partial charge is 0.328 e. The molecule has 4 aromatic rings. The molecule has 2 saturated heterocycles. The van der Waals surface area contributed by atoms with Gasteiger partial charge in [-0.2, -0.15) is 5.26 Å². The molecular weight excluding hydrogens is 583 g/mol. The number of rotatable bonds is 5. The minimum absolute atomic E-state index is 0.00815. The maximum absolute atomic E-state index is 15.2. The summed E-state index contributed by atoms with van der Waals surface area (Å²) in [5.74, 6) is -0.691. The average molecular weight is 619 g/mol. The van der Waals surface area contributed by atoms with Crippen LogP contribution in [-0.2, 0) is 23.2 Å². The first-order chi connectivity index (χ1) is 22.1. The Hall–Kier alpha value is -5.01. The van der Waals surface area contributed by atoms with Gasteiger partial charge in [0, 0.05) is 90.2 Å². The van der Waals surface area contributed by atoms with Crippen LogP contribution in [0.4, 0.5) is 20.6 Å². The van der Waals surface area contributed by atoms with Gasteiger partial charge in [0.05, 0.1) is 17.2 Å². The number of aromatic nitrogens is 1. The van der Waals surface area contributed by atoms with Gasteiger partial charge in [-0.3, -0.25) is 24.7 Å². The summed E-state index contributed by atoms with van der Waals surface area (Å²) >= 11 is 0. The van der Waals surface area contributed by atoms with Crippen LogP contribution in [0.25, 0.3) is 10.9 Å². The van der Waals surface area contributed by atoms with E-state index in [2.05, 4.69) is 59.1 Å². The lowest BCUT2D eigenvalue weighted by atomic mass is 9.70. The van der Waals surface area contributed by atoms with Crippen LogP contribution in [0.2, 0.25) is 0 Å². The summed E-state index contributed by atoms with van der Waals surface area (Å²) in [4.78, 5) is 47.1. The molecule has 0 spiro atoms. The van der Waals surface area contributed by atoms with Gasteiger partial charge in [0.2, 0.25) is 5.91 Å². The number of nitrogens with zero attached hydrogens (tertiary/aromatic N) is 4. The fourth-order valence-electron chi connectivity index (χ4n) is 7.19. The fraction of sp³-hybridized carbons (Fsp3) is 0.333. The van der Waals surface area contributed by atoms with Crippen molar-refractivity contribution >= 4 is 40.0 Å². The quantitative estimate of drug-likeness (QED) is 0.311. The van der Waals surface area contributed by atoms with Gasteiger partial charge in [-0.05, 0) is 53.9 Å². The highest BCUT2D eigenvalue weighted by molar-refractivity contribution is 6.20. The standard InChI is InChI=1S/C36H35FN6O3/c1-4-22-16-26-27(36(2,3)34-32(33(26)45)25-8-5-21(19-38)15-29(25)39-34)18-30(22)42-13-11-41(12-14-42)20-23-6-7-24(17-28(23)37)43-10-9-31(44)40-35(43)46/h5-8,15-18,39H,4,9-14,20H2,1-3H3,(H,40,44,46). The number of carbonyl (C=O) groups is 3. The minimum Gasteiger partial charge on any atom is -0.369 e. The number of piperazine rings is 1. The number of nitriles is 1. The number of nitrogens with one attached hydrogen (secondary N) is 2. The average Bonchev–Trinajstić information content (AvgIpc) is 3.45. The van der Waals surface area contributed by atoms with Crippen LogP contribution in [0.1, 0.15) is 71.1 Å². The zero-order chi connectivity index (χ0) is 32.3. The number of hydrogen-bond donors (Lipinski definition) is 2. The molecule has 1 aromatic heterocycles. The highest BCUT2D eigenvalue weighted by Gasteiger charge is 2.40. The number of aromatic amines is 1. The summed E-state index contributed by atoms with van der Waals surface area (Å²) in [5.41, 5.74) is 7.41. The first-order valence-corrected chi connectivity index (χ1v) is 15.7. The van der Waals surface area contributed by atoms with Gasteiger partial charge in [0.1, 0.15) is 5.82 Å². The second-order valence-electron chi connectivity index (χ2n) is 12.9. The summed E-state index contributed by atoms with van der Waals surface area (Å²) in [6.07, 6.45) is 0.967. The highest BCUT2D eigenvalue weighted by Crippen LogP contribution is 2.46. The van der Waals surface area contributed by atoms with Gasteiger partial charge < -0.3 is 9.88 Å². The number of hydrogen-bond acceptors (Lipinski definition) is 6. The number of urea groups is 1. The maximum Gasteiger partial charge on any atom is 0.328 e. The molecule has 2 aliphatic heterocycles. The Bertz CT molecular complexity index is 1980. The minimum atomic E-state index is -0.531. The first-order valence-electron chi connectivity index (χ1n) is 15.7. The van der Waals surface area contributed by atoms with Crippen LogP contribution >= 0.6 is 0 Å². The van der Waals surface area contributed by atoms with Crippen LogP contribution in [0.15, 0.2) is 48.5 Å². The number of ketones is 1. The van der Waals surface area contributed by atoms with Crippen LogP contribution in [0.3, 0.4) is 0 Å². The molecule has 3 aliphatic rings. The van der Waals surface area contributed by atoms with E-state index in [-0.39, 0.29) is 30.5 Å². The maximum atomic E-state index is 15.2. The van der Waals surface area contributed by atoms with Crippen molar-refractivity contribution < 1.29 is 18.8 Å². The summed E-state index contributed by atoms with van der Waals surface area (Å²) < 4.78 is 15.2. The molecule has 0 atom stereocenters. The van der Waals surface area contributed by atoms with E-state index in [9.17, 15) is 19.6 Å². The van der Waals surface area contributed by atoms with E-state index in [1.807, 2.05) is 6.07 Å². The van der Waals surface area contributed by atoms with E-state index in [1.165, 1.54) is 11.0 Å². The predicted octanol–water partition coefficient (Wildman–Crippen LogP) is 5.38. The highest BCUT2D eigenvalue weighted by atomic mass is 19.1. The fourth-order valence-corrected chi connectivity index (χ4v) is 7.19. The van der Waals surface area contributed by atoms with Crippen LogP contribution < -0.4 is 15.1 Å². The zero-order valence-electron chi connectivity index (χ0n) is 26.2. The third kappa shape index (κ3) is 4.83. The van der Waals surface area contributed by atoms with Gasteiger partial charge in [-0.1, -0.05) is 32.9 Å². The number of imide groups is 1. The Morgan fingerprint density at radius 1 is 0.957 bits per heavy atom. The molecular formula is C36H35FN6O3. The Morgan fingerprint density at radius 3 is 2.43 bits per heavy atom. The van der Waals surface area contributed by atoms with Crippen LogP contribution in [0.5, 0.6) is 0 Å². The molecule has 0 unspecified atom stereocenters. The van der Waals surface area contributed by atoms with Gasteiger partial charge in [0.15, 0.2) is 5.78 Å². The van der Waals surface area contributed by atoms with Gasteiger partial charge >= 0.3 is 6.03 Å². The number of amides is 3. The van der Waals surface area contributed by atoms with Crippen molar-refractivity contribution in [2.24, 2.45) is 0 Å². The summed E-state index contributed by atoms with van der Waals surface area (Å²) in [7, 11) is 0. The van der Waals surface area contributed by atoms with Crippen molar-refractivity contribution in [3.05, 3.63) is 93.4 Å². The number of carbonyl (C=O) groups excluding carboxylic acids is 3. The van der Waals surface area contributed by atoms with Crippen molar-refractivity contribution in [1.29, 1.82) is 5.26 Å². The Labute approximate surface area is 266 Å². The van der Waals surface area contributed by atoms with Crippen molar-refractivity contribution in [1.82, 2.24) is 15.2 Å². The Balaban J connectivity index is 1.10. The number of H-pyrrole nitrogens is 1. The van der Waals surface area contributed by atoms with E-state index < -0.39 is 11.4 Å². The number of halogens is 1. The second kappa shape index (κ2) is 11.1. The normalized spacial score (nSPS) is 17.9. The van der Waals surface area contributed by atoms with Crippen LogP contribution in [-0.4, -0.2) is 60.3 Å². The molecule has 0 saturated carbocycles. The SMILES string of the molecule is CCc1cc2c(cc1N1CCN(Cc3ccc(N4CCC(=O)NC4=O)cc3F)CC1)C(C)(C)c1[nH]c3cc(C#N)ccc3c1C2=O. The van der Waals surface area contributed by atoms with Gasteiger partial charge in [-0.15, -0.1) is 0 Å². The van der Waals surface area contributed by atoms with E-state index in [4.69, 9.17) is 0 Å². The third-order valence-corrected chi connectivity index (χ3v) is 9.81. The molecule has 0 bridgehead atoms. The molecule has 9 nitrogen and oxygen atoms in total. The largest absolute Gasteiger partial charge is 0.369 e. The summed E-state index contributed by atoms with van der Waals surface area (Å²) in [5, 5.41) is 12.5. The number of aryl methyl sites for hydroxylation is 1. The molecule has 7 rings (SSSR count). The predicted molar refractivity (Wildman–Crippen MR) is 174 cm³/mol.